The zero-order valence-electron chi connectivity index (χ0n) is 4.53. The summed E-state index contributed by atoms with van der Waals surface area (Å²) in [6.45, 7) is 0. The molecule has 4 nitrogen and oxygen atoms in total. The molecular formula is C5H5NO3. The molecule has 0 unspecified atom stereocenters. The summed E-state index contributed by atoms with van der Waals surface area (Å²) in [5.41, 5.74) is 0. The van der Waals surface area contributed by atoms with Crippen LogP contribution < -0.4 is 0 Å². The summed E-state index contributed by atoms with van der Waals surface area (Å²) >= 11 is 0. The van der Waals surface area contributed by atoms with Gasteiger partial charge < -0.3 is 9.47 Å². The summed E-state index contributed by atoms with van der Waals surface area (Å²) in [5.74, 6) is 0. The Kier molecular flexibility index (Phi) is 5.35. The monoisotopic (exact) mass is 127 g/mol. The standard InChI is InChI=1S/C4H4O2.CHNO/c1-2-6-4-3-5-1;2-1-3/h1-4H;2H. The lowest BCUT2D eigenvalue weighted by atomic mass is 10.9. The molecule has 1 heterocycles. The highest BCUT2D eigenvalue weighted by molar-refractivity contribution is 5.26. The van der Waals surface area contributed by atoms with Gasteiger partial charge in [0.15, 0.2) is 0 Å². The molecule has 9 heavy (non-hydrogen) atoms. The number of nitrogens with one attached hydrogen (secondary N) is 1. The van der Waals surface area contributed by atoms with Crippen LogP contribution in [0.5, 0.6) is 0 Å². The highest BCUT2D eigenvalue weighted by Gasteiger charge is 1.74. The maximum absolute atomic E-state index is 8.35. The Morgan fingerprint density at radius 3 is 1.44 bits per heavy atom. The van der Waals surface area contributed by atoms with Gasteiger partial charge in [-0.3, -0.25) is 0 Å². The number of isocyanates is 1. The smallest absolute Gasteiger partial charge is 0.231 e. The molecule has 1 aliphatic heterocycles. The topological polar surface area (TPSA) is 59.4 Å². The quantitative estimate of drug-likeness (QED) is 0.388. The number of ether oxygens (including phenoxy) is 2. The maximum Gasteiger partial charge on any atom is 0.231 e. The van der Waals surface area contributed by atoms with Gasteiger partial charge in [-0.15, -0.1) is 0 Å². The van der Waals surface area contributed by atoms with Gasteiger partial charge in [0.05, 0.1) is 0 Å². The van der Waals surface area contributed by atoms with E-state index < -0.39 is 0 Å². The molecule has 0 saturated carbocycles. The summed E-state index contributed by atoms with van der Waals surface area (Å²) in [4.78, 5) is 8.35. The van der Waals surface area contributed by atoms with E-state index >= 15 is 0 Å². The predicted octanol–water partition coefficient (Wildman–Crippen LogP) is 0.877. The highest BCUT2D eigenvalue weighted by atomic mass is 16.5. The molecule has 1 rings (SSSR count). The SMILES string of the molecule is C1=COC=CO1.N=C=O. The van der Waals surface area contributed by atoms with Gasteiger partial charge in [0.2, 0.25) is 6.08 Å². The van der Waals surface area contributed by atoms with Crippen molar-refractivity contribution in [3.8, 4) is 0 Å². The second-order valence-electron chi connectivity index (χ2n) is 0.919. The van der Waals surface area contributed by atoms with Crippen molar-refractivity contribution in [3.05, 3.63) is 25.0 Å². The molecule has 0 aromatic carbocycles. The molecule has 4 heteroatoms. The third kappa shape index (κ3) is 6.46. The number of hydrogen-bond acceptors (Lipinski definition) is 4. The van der Waals surface area contributed by atoms with Crippen LogP contribution in [0.25, 0.3) is 0 Å². The van der Waals surface area contributed by atoms with Gasteiger partial charge in [-0.1, -0.05) is 0 Å². The van der Waals surface area contributed by atoms with E-state index in [4.69, 9.17) is 10.2 Å². The molecule has 1 N–H and O–H groups in total. The van der Waals surface area contributed by atoms with E-state index in [9.17, 15) is 0 Å². The molecule has 0 amide bonds. The van der Waals surface area contributed by atoms with Crippen molar-refractivity contribution >= 4 is 6.08 Å². The summed E-state index contributed by atoms with van der Waals surface area (Å²) in [6.07, 6.45) is 6.58. The summed E-state index contributed by atoms with van der Waals surface area (Å²) < 4.78 is 9.17. The third-order valence-corrected chi connectivity index (χ3v) is 0.425. The average molecular weight is 127 g/mol. The van der Waals surface area contributed by atoms with Crippen molar-refractivity contribution in [1.29, 1.82) is 5.41 Å². The lowest BCUT2D eigenvalue weighted by molar-refractivity contribution is 0.290. The minimum atomic E-state index is 0.750. The van der Waals surface area contributed by atoms with E-state index in [1.807, 2.05) is 0 Å². The third-order valence-electron chi connectivity index (χ3n) is 0.425. The zero-order chi connectivity index (χ0) is 6.95. The number of hydrogen-bond donors (Lipinski definition) is 1. The molecule has 0 atom stereocenters. The van der Waals surface area contributed by atoms with Gasteiger partial charge in [0.1, 0.15) is 25.0 Å². The molecule has 0 aromatic rings. The molecule has 0 aromatic heterocycles. The summed E-state index contributed by atoms with van der Waals surface area (Å²) in [5, 5.41) is 5.40. The van der Waals surface area contributed by atoms with Crippen molar-refractivity contribution in [1.82, 2.24) is 0 Å². The number of rotatable bonds is 0. The van der Waals surface area contributed by atoms with E-state index in [0.717, 1.165) is 6.08 Å². The Balaban J connectivity index is 0.000000187. The minimum absolute atomic E-state index is 0.750. The largest absolute Gasteiger partial charge is 0.466 e. The molecule has 0 radical (unpaired) electrons. The van der Waals surface area contributed by atoms with Gasteiger partial charge in [0, 0.05) is 0 Å². The van der Waals surface area contributed by atoms with Crippen molar-refractivity contribution in [2.24, 2.45) is 0 Å². The van der Waals surface area contributed by atoms with Gasteiger partial charge in [-0.25, -0.2) is 10.2 Å². The Morgan fingerprint density at radius 2 is 1.33 bits per heavy atom. The minimum Gasteiger partial charge on any atom is -0.466 e. The van der Waals surface area contributed by atoms with Crippen LogP contribution in [0.4, 0.5) is 0 Å². The fourth-order valence-electron chi connectivity index (χ4n) is 0.219. The molecule has 0 spiro atoms. The van der Waals surface area contributed by atoms with Crippen molar-refractivity contribution in [2.45, 2.75) is 0 Å². The van der Waals surface area contributed by atoms with Crippen LogP contribution in [-0.2, 0) is 14.3 Å². The van der Waals surface area contributed by atoms with Gasteiger partial charge in [-0.2, -0.15) is 0 Å². The van der Waals surface area contributed by atoms with E-state index in [0.29, 0.717) is 0 Å². The molecular weight excluding hydrogens is 122 g/mol. The van der Waals surface area contributed by atoms with Crippen LogP contribution in [-0.4, -0.2) is 6.08 Å². The lowest BCUT2D eigenvalue weighted by Gasteiger charge is -1.94. The predicted molar refractivity (Wildman–Crippen MR) is 28.9 cm³/mol. The van der Waals surface area contributed by atoms with Crippen LogP contribution in [0.1, 0.15) is 0 Å². The van der Waals surface area contributed by atoms with Crippen molar-refractivity contribution in [3.63, 3.8) is 0 Å². The van der Waals surface area contributed by atoms with E-state index in [2.05, 4.69) is 9.47 Å². The van der Waals surface area contributed by atoms with Gasteiger partial charge in [-0.05, 0) is 0 Å². The Morgan fingerprint density at radius 1 is 1.11 bits per heavy atom. The van der Waals surface area contributed by atoms with Crippen molar-refractivity contribution < 1.29 is 14.3 Å². The molecule has 0 bridgehead atoms. The second kappa shape index (κ2) is 6.46. The second-order valence-corrected chi connectivity index (χ2v) is 0.919. The van der Waals surface area contributed by atoms with E-state index in [1.54, 1.807) is 0 Å². The molecule has 0 saturated heterocycles. The van der Waals surface area contributed by atoms with E-state index in [1.165, 1.54) is 25.0 Å². The first kappa shape index (κ1) is 7.46. The molecule has 0 fully saturated rings. The first-order valence-electron chi connectivity index (χ1n) is 2.06. The fraction of sp³-hybridized carbons (Fsp3) is 0. The summed E-state index contributed by atoms with van der Waals surface area (Å²) in [7, 11) is 0. The molecule has 48 valence electrons. The maximum atomic E-state index is 8.35. The highest BCUT2D eigenvalue weighted by Crippen LogP contribution is 1.89. The van der Waals surface area contributed by atoms with E-state index in [-0.39, 0.29) is 0 Å². The number of carbonyl (C=O) groups excluding carboxylic acids is 1. The first-order chi connectivity index (χ1) is 4.41. The Labute approximate surface area is 51.9 Å². The van der Waals surface area contributed by atoms with Crippen LogP contribution in [0, 0.1) is 5.41 Å². The Bertz CT molecular complexity index is 124. The molecule has 0 aliphatic carbocycles. The van der Waals surface area contributed by atoms with Crippen LogP contribution in [0.2, 0.25) is 0 Å². The zero-order valence-corrected chi connectivity index (χ0v) is 4.53. The normalized spacial score (nSPS) is 11.6. The Hall–Kier alpha value is -1.54. The average Bonchev–Trinajstić information content (AvgIpc) is 1.93. The fourth-order valence-corrected chi connectivity index (χ4v) is 0.219. The van der Waals surface area contributed by atoms with Crippen LogP contribution in [0.15, 0.2) is 25.0 Å². The summed E-state index contributed by atoms with van der Waals surface area (Å²) in [6, 6.07) is 0. The van der Waals surface area contributed by atoms with Crippen LogP contribution in [0.3, 0.4) is 0 Å². The lowest BCUT2D eigenvalue weighted by Crippen LogP contribution is -1.74. The van der Waals surface area contributed by atoms with Gasteiger partial charge in [0.25, 0.3) is 0 Å². The van der Waals surface area contributed by atoms with Crippen LogP contribution >= 0.6 is 0 Å². The molecule has 1 aliphatic rings. The first-order valence-corrected chi connectivity index (χ1v) is 2.06. The van der Waals surface area contributed by atoms with Gasteiger partial charge >= 0.3 is 0 Å². The van der Waals surface area contributed by atoms with Crippen molar-refractivity contribution in [2.75, 3.05) is 0 Å².